The molecule has 1 heterocycles. The van der Waals surface area contributed by atoms with Crippen molar-refractivity contribution in [2.45, 2.75) is 31.3 Å². The van der Waals surface area contributed by atoms with E-state index in [-0.39, 0.29) is 36.6 Å². The fourth-order valence-electron chi connectivity index (χ4n) is 4.10. The van der Waals surface area contributed by atoms with Crippen LogP contribution in [0.3, 0.4) is 0 Å². The number of nitrogens with zero attached hydrogens (tertiary/aromatic N) is 2. The van der Waals surface area contributed by atoms with Gasteiger partial charge >= 0.3 is 12.4 Å². The number of ether oxygens (including phenoxy) is 1. The average Bonchev–Trinajstić information content (AvgIpc) is 2.73. The van der Waals surface area contributed by atoms with Crippen LogP contribution in [0, 0.1) is 23.1 Å². The van der Waals surface area contributed by atoms with E-state index in [1.807, 2.05) is 4.90 Å². The van der Waals surface area contributed by atoms with Crippen LogP contribution >= 0.6 is 0 Å². The number of likely N-dealkylation sites (tertiary alicyclic amines) is 1. The fourth-order valence-corrected chi connectivity index (χ4v) is 4.10. The summed E-state index contributed by atoms with van der Waals surface area (Å²) in [6.07, 6.45) is -9.20. The van der Waals surface area contributed by atoms with Crippen molar-refractivity contribution in [3.8, 4) is 6.07 Å². The number of hydrogen-bond acceptors (Lipinski definition) is 3. The van der Waals surface area contributed by atoms with Gasteiger partial charge in [0, 0.05) is 12.5 Å². The Kier molecular flexibility index (Phi) is 7.65. The summed E-state index contributed by atoms with van der Waals surface area (Å²) in [6, 6.07) is 9.40. The highest BCUT2D eigenvalue weighted by Crippen LogP contribution is 2.37. The van der Waals surface area contributed by atoms with Crippen LogP contribution in [0.5, 0.6) is 0 Å². The van der Waals surface area contributed by atoms with Crippen LogP contribution in [0.2, 0.25) is 0 Å². The van der Waals surface area contributed by atoms with E-state index in [4.69, 9.17) is 10.00 Å². The predicted octanol–water partition coefficient (Wildman–Crippen LogP) is 6.01. The van der Waals surface area contributed by atoms with Gasteiger partial charge in [0.05, 0.1) is 37.0 Å². The van der Waals surface area contributed by atoms with E-state index in [1.54, 1.807) is 12.1 Å². The van der Waals surface area contributed by atoms with E-state index in [0.717, 1.165) is 5.56 Å². The number of rotatable bonds is 6. The molecule has 0 radical (unpaired) electrons. The first-order valence-corrected chi connectivity index (χ1v) is 10.2. The molecule has 0 aliphatic carbocycles. The third-order valence-electron chi connectivity index (χ3n) is 5.66. The maximum absolute atomic E-state index is 13.3. The standard InChI is InChI=1S/C23H21F7N2O/c24-20-3-1-16(2-4-20)21-5-7-32(8-6-31)12-17(21)14-33-13-15-9-18(22(25,26)27)11-19(10-15)23(28,29)30/h1-4,9-11,17,21H,5,7-8,12-14H2. The molecule has 3 rings (SSSR count). The topological polar surface area (TPSA) is 36.3 Å². The Morgan fingerprint density at radius 1 is 0.970 bits per heavy atom. The molecule has 2 aromatic carbocycles. The van der Waals surface area contributed by atoms with Crippen molar-refractivity contribution in [1.82, 2.24) is 4.90 Å². The molecule has 0 amide bonds. The molecule has 2 unspecified atom stereocenters. The van der Waals surface area contributed by atoms with Gasteiger partial charge in [0.1, 0.15) is 5.82 Å². The van der Waals surface area contributed by atoms with Gasteiger partial charge in [-0.1, -0.05) is 12.1 Å². The first-order chi connectivity index (χ1) is 15.5. The summed E-state index contributed by atoms with van der Waals surface area (Å²) in [6.45, 7) is 0.912. The minimum absolute atomic E-state index is 0.0483. The highest BCUT2D eigenvalue weighted by atomic mass is 19.4. The smallest absolute Gasteiger partial charge is 0.376 e. The first kappa shape index (κ1) is 25.0. The molecule has 33 heavy (non-hydrogen) atoms. The van der Waals surface area contributed by atoms with E-state index >= 15 is 0 Å². The second-order valence-electron chi connectivity index (χ2n) is 8.03. The average molecular weight is 474 g/mol. The zero-order valence-electron chi connectivity index (χ0n) is 17.4. The summed E-state index contributed by atoms with van der Waals surface area (Å²) >= 11 is 0. The lowest BCUT2D eigenvalue weighted by molar-refractivity contribution is -0.143. The Labute approximate surface area is 186 Å². The highest BCUT2D eigenvalue weighted by Gasteiger charge is 2.37. The minimum atomic E-state index is -4.93. The maximum atomic E-state index is 13.3. The predicted molar refractivity (Wildman–Crippen MR) is 105 cm³/mol. The molecule has 178 valence electrons. The lowest BCUT2D eigenvalue weighted by atomic mass is 9.81. The van der Waals surface area contributed by atoms with Crippen LogP contribution in [0.15, 0.2) is 42.5 Å². The summed E-state index contributed by atoms with van der Waals surface area (Å²) in [5, 5.41) is 8.98. The van der Waals surface area contributed by atoms with Crippen LogP contribution in [0.1, 0.15) is 34.6 Å². The van der Waals surface area contributed by atoms with Crippen molar-refractivity contribution in [3.63, 3.8) is 0 Å². The molecule has 0 bridgehead atoms. The van der Waals surface area contributed by atoms with Crippen LogP contribution in [-0.4, -0.2) is 31.1 Å². The zero-order valence-corrected chi connectivity index (χ0v) is 17.4. The van der Waals surface area contributed by atoms with Crippen molar-refractivity contribution in [3.05, 3.63) is 70.5 Å². The normalized spacial score (nSPS) is 19.9. The van der Waals surface area contributed by atoms with Crippen molar-refractivity contribution in [1.29, 1.82) is 5.26 Å². The molecule has 0 aromatic heterocycles. The van der Waals surface area contributed by atoms with Crippen LogP contribution in [-0.2, 0) is 23.7 Å². The van der Waals surface area contributed by atoms with Crippen molar-refractivity contribution in [2.24, 2.45) is 5.92 Å². The molecule has 1 saturated heterocycles. The number of benzene rings is 2. The van der Waals surface area contributed by atoms with Gasteiger partial charge in [0.2, 0.25) is 0 Å². The van der Waals surface area contributed by atoms with Crippen LogP contribution < -0.4 is 0 Å². The number of halogens is 7. The Balaban J connectivity index is 1.75. The Hall–Kier alpha value is -2.64. The molecule has 1 fully saturated rings. The Morgan fingerprint density at radius 3 is 2.12 bits per heavy atom. The number of alkyl halides is 6. The van der Waals surface area contributed by atoms with E-state index < -0.39 is 35.9 Å². The molecule has 2 aromatic rings. The van der Waals surface area contributed by atoms with Crippen molar-refractivity contribution < 1.29 is 35.5 Å². The largest absolute Gasteiger partial charge is 0.416 e. The number of hydrogen-bond donors (Lipinski definition) is 0. The first-order valence-electron chi connectivity index (χ1n) is 10.2. The number of piperidine rings is 1. The lowest BCUT2D eigenvalue weighted by Crippen LogP contribution is -2.41. The van der Waals surface area contributed by atoms with Gasteiger partial charge in [-0.25, -0.2) is 4.39 Å². The van der Waals surface area contributed by atoms with Gasteiger partial charge in [-0.05, 0) is 60.3 Å². The third-order valence-corrected chi connectivity index (χ3v) is 5.66. The molecular formula is C23H21F7N2O. The van der Waals surface area contributed by atoms with Gasteiger partial charge < -0.3 is 4.74 Å². The molecule has 1 aliphatic rings. The second-order valence-corrected chi connectivity index (χ2v) is 8.03. The maximum Gasteiger partial charge on any atom is 0.416 e. The minimum Gasteiger partial charge on any atom is -0.376 e. The van der Waals surface area contributed by atoms with Crippen LogP contribution in [0.25, 0.3) is 0 Å². The van der Waals surface area contributed by atoms with E-state index in [2.05, 4.69) is 6.07 Å². The molecule has 0 saturated carbocycles. The monoisotopic (exact) mass is 474 g/mol. The molecule has 1 aliphatic heterocycles. The molecule has 0 spiro atoms. The molecule has 2 atom stereocenters. The second kappa shape index (κ2) is 10.1. The fraction of sp³-hybridized carbons (Fsp3) is 0.435. The Bertz CT molecular complexity index is 948. The quantitative estimate of drug-likeness (QED) is 0.380. The van der Waals surface area contributed by atoms with Crippen molar-refractivity contribution in [2.75, 3.05) is 26.2 Å². The third kappa shape index (κ3) is 6.68. The summed E-state index contributed by atoms with van der Waals surface area (Å²) in [5.74, 6) is -0.614. The van der Waals surface area contributed by atoms with Gasteiger partial charge in [0.25, 0.3) is 0 Å². The molecule has 10 heteroatoms. The summed E-state index contributed by atoms with van der Waals surface area (Å²) in [7, 11) is 0. The van der Waals surface area contributed by atoms with Crippen molar-refractivity contribution >= 4 is 0 Å². The van der Waals surface area contributed by atoms with Gasteiger partial charge in [-0.2, -0.15) is 31.6 Å². The molecular weight excluding hydrogens is 453 g/mol. The zero-order chi connectivity index (χ0) is 24.2. The molecule has 0 N–H and O–H groups in total. The van der Waals surface area contributed by atoms with Gasteiger partial charge in [0.15, 0.2) is 0 Å². The highest BCUT2D eigenvalue weighted by molar-refractivity contribution is 5.33. The van der Waals surface area contributed by atoms with E-state index in [9.17, 15) is 30.7 Å². The summed E-state index contributed by atoms with van der Waals surface area (Å²) < 4.78 is 97.3. The summed E-state index contributed by atoms with van der Waals surface area (Å²) in [4.78, 5) is 1.90. The number of nitriles is 1. The van der Waals surface area contributed by atoms with Crippen LogP contribution in [0.4, 0.5) is 30.7 Å². The van der Waals surface area contributed by atoms with E-state index in [0.29, 0.717) is 31.6 Å². The summed E-state index contributed by atoms with van der Waals surface area (Å²) in [5.41, 5.74) is -2.16. The van der Waals surface area contributed by atoms with Gasteiger partial charge in [-0.3, -0.25) is 4.90 Å². The SMILES string of the molecule is N#CCN1CCC(c2ccc(F)cc2)C(COCc2cc(C(F)(F)F)cc(C(F)(F)F)c2)C1. The Morgan fingerprint density at radius 2 is 1.58 bits per heavy atom. The van der Waals surface area contributed by atoms with Gasteiger partial charge in [-0.15, -0.1) is 0 Å². The lowest BCUT2D eigenvalue weighted by Gasteiger charge is -2.37. The molecule has 3 nitrogen and oxygen atoms in total. The van der Waals surface area contributed by atoms with E-state index in [1.165, 1.54) is 12.1 Å².